The minimum absolute atomic E-state index is 0.540. The average molecular weight is 376 g/mol. The van der Waals surface area contributed by atoms with Gasteiger partial charge in [-0.1, -0.05) is 5.16 Å². The highest BCUT2D eigenvalue weighted by atomic mass is 32.1. The summed E-state index contributed by atoms with van der Waals surface area (Å²) < 4.78 is 5.49. The Morgan fingerprint density at radius 2 is 2.07 bits per heavy atom. The summed E-state index contributed by atoms with van der Waals surface area (Å²) in [6.07, 6.45) is 6.32. The van der Waals surface area contributed by atoms with E-state index in [4.69, 9.17) is 4.52 Å². The van der Waals surface area contributed by atoms with Gasteiger partial charge >= 0.3 is 0 Å². The number of anilines is 1. The summed E-state index contributed by atoms with van der Waals surface area (Å²) in [6.45, 7) is 3.54. The van der Waals surface area contributed by atoms with Crippen LogP contribution in [0, 0.1) is 6.92 Å². The summed E-state index contributed by atoms with van der Waals surface area (Å²) >= 11 is 1.61. The molecule has 0 unspecified atom stereocenters. The maximum Gasteiger partial charge on any atom is 0.259 e. The summed E-state index contributed by atoms with van der Waals surface area (Å²) in [4.78, 5) is 20.1. The van der Waals surface area contributed by atoms with Crippen molar-refractivity contribution in [1.82, 2.24) is 25.1 Å². The molecule has 0 amide bonds. The van der Waals surface area contributed by atoms with E-state index < -0.39 is 0 Å². The number of fused-ring (bicyclic) bond motifs is 1. The van der Waals surface area contributed by atoms with Crippen molar-refractivity contribution < 1.29 is 4.52 Å². The fourth-order valence-electron chi connectivity index (χ4n) is 3.40. The molecule has 8 heteroatoms. The van der Waals surface area contributed by atoms with Crippen LogP contribution in [-0.2, 0) is 13.0 Å². The van der Waals surface area contributed by atoms with Crippen LogP contribution < -0.4 is 4.90 Å². The first-order valence-electron chi connectivity index (χ1n) is 8.65. The van der Waals surface area contributed by atoms with E-state index in [1.165, 1.54) is 5.56 Å². The van der Waals surface area contributed by atoms with Gasteiger partial charge in [0, 0.05) is 48.3 Å². The van der Waals surface area contributed by atoms with E-state index in [1.54, 1.807) is 23.7 Å². The first-order valence-corrected chi connectivity index (χ1v) is 9.60. The van der Waals surface area contributed by atoms with Crippen LogP contribution in [0.1, 0.15) is 16.8 Å². The van der Waals surface area contributed by atoms with E-state index in [0.717, 1.165) is 47.8 Å². The first-order chi connectivity index (χ1) is 13.3. The zero-order valence-corrected chi connectivity index (χ0v) is 15.5. The molecule has 4 aromatic rings. The topological polar surface area (TPSA) is 80.8 Å². The summed E-state index contributed by atoms with van der Waals surface area (Å²) in [7, 11) is 0. The molecule has 0 aromatic carbocycles. The zero-order chi connectivity index (χ0) is 18.2. The third kappa shape index (κ3) is 2.87. The molecule has 0 atom stereocenters. The number of hydrogen-bond donors (Lipinski definition) is 0. The van der Waals surface area contributed by atoms with Crippen molar-refractivity contribution >= 4 is 17.3 Å². The van der Waals surface area contributed by atoms with E-state index in [1.807, 2.05) is 36.0 Å². The van der Waals surface area contributed by atoms with Crippen molar-refractivity contribution in [2.75, 3.05) is 11.4 Å². The largest absolute Gasteiger partial charge is 0.336 e. The van der Waals surface area contributed by atoms with Crippen molar-refractivity contribution in [3.8, 4) is 22.8 Å². The summed E-state index contributed by atoms with van der Waals surface area (Å²) in [5, 5.41) is 8.23. The fourth-order valence-corrected chi connectivity index (χ4v) is 4.03. The Hall–Kier alpha value is -3.13. The molecular formula is C19H16N6OS. The van der Waals surface area contributed by atoms with Crippen LogP contribution in [-0.4, -0.2) is 31.6 Å². The van der Waals surface area contributed by atoms with Crippen LogP contribution in [0.2, 0.25) is 0 Å². The predicted molar refractivity (Wildman–Crippen MR) is 102 cm³/mol. The van der Waals surface area contributed by atoms with Gasteiger partial charge in [0.15, 0.2) is 0 Å². The molecule has 0 spiro atoms. The molecule has 0 radical (unpaired) electrons. The van der Waals surface area contributed by atoms with Gasteiger partial charge in [-0.3, -0.25) is 4.98 Å². The number of hydrogen-bond acceptors (Lipinski definition) is 8. The van der Waals surface area contributed by atoms with Gasteiger partial charge in [-0.25, -0.2) is 9.97 Å². The van der Waals surface area contributed by atoms with Crippen LogP contribution in [0.5, 0.6) is 0 Å². The number of aryl methyl sites for hydroxylation is 1. The highest BCUT2D eigenvalue weighted by Gasteiger charge is 2.25. The van der Waals surface area contributed by atoms with Gasteiger partial charge in [-0.2, -0.15) is 16.3 Å². The molecule has 4 aromatic heterocycles. The summed E-state index contributed by atoms with van der Waals surface area (Å²) in [5.74, 6) is 1.88. The molecular weight excluding hydrogens is 360 g/mol. The zero-order valence-electron chi connectivity index (χ0n) is 14.7. The minimum atomic E-state index is 0.540. The molecule has 7 nitrogen and oxygen atoms in total. The van der Waals surface area contributed by atoms with Gasteiger partial charge in [-0.05, 0) is 42.0 Å². The van der Waals surface area contributed by atoms with Crippen molar-refractivity contribution in [2.24, 2.45) is 0 Å². The maximum absolute atomic E-state index is 5.49. The van der Waals surface area contributed by atoms with Crippen LogP contribution >= 0.6 is 11.3 Å². The smallest absolute Gasteiger partial charge is 0.259 e. The van der Waals surface area contributed by atoms with Crippen molar-refractivity contribution in [2.45, 2.75) is 19.9 Å². The molecule has 0 saturated heterocycles. The second-order valence-electron chi connectivity index (χ2n) is 6.38. The maximum atomic E-state index is 5.49. The van der Waals surface area contributed by atoms with Gasteiger partial charge in [0.2, 0.25) is 11.8 Å². The second-order valence-corrected chi connectivity index (χ2v) is 7.16. The molecule has 0 aliphatic carbocycles. The number of aromatic nitrogens is 5. The van der Waals surface area contributed by atoms with E-state index in [2.05, 4.69) is 30.0 Å². The van der Waals surface area contributed by atoms with Gasteiger partial charge in [0.25, 0.3) is 5.89 Å². The monoisotopic (exact) mass is 376 g/mol. The molecule has 27 heavy (non-hydrogen) atoms. The van der Waals surface area contributed by atoms with Crippen molar-refractivity contribution in [3.05, 3.63) is 58.3 Å². The Balaban J connectivity index is 1.52. The van der Waals surface area contributed by atoms with Crippen LogP contribution in [0.25, 0.3) is 22.8 Å². The van der Waals surface area contributed by atoms with Gasteiger partial charge in [0.1, 0.15) is 0 Å². The standard InChI is InChI=1S/C19H16N6OS/c1-12-16(17-23-18(26-24-17)13-4-8-27-11-13)15-3-7-25(10-14(15)9-22-12)19-20-5-2-6-21-19/h2,4-6,8-9,11H,3,7,10H2,1H3. The minimum Gasteiger partial charge on any atom is -0.336 e. The third-order valence-corrected chi connectivity index (χ3v) is 5.39. The third-order valence-electron chi connectivity index (χ3n) is 4.71. The molecule has 1 aliphatic rings. The van der Waals surface area contributed by atoms with Crippen LogP contribution in [0.3, 0.4) is 0 Å². The molecule has 1 aliphatic heterocycles. The number of rotatable bonds is 3. The van der Waals surface area contributed by atoms with Crippen molar-refractivity contribution in [3.63, 3.8) is 0 Å². The Morgan fingerprint density at radius 1 is 1.19 bits per heavy atom. The van der Waals surface area contributed by atoms with Crippen LogP contribution in [0.15, 0.2) is 46.0 Å². The lowest BCUT2D eigenvalue weighted by molar-refractivity contribution is 0.432. The van der Waals surface area contributed by atoms with Crippen LogP contribution in [0.4, 0.5) is 5.95 Å². The number of thiophene rings is 1. The Labute approximate surface area is 159 Å². The predicted octanol–water partition coefficient (Wildman–Crippen LogP) is 3.52. The molecule has 5 rings (SSSR count). The molecule has 134 valence electrons. The first kappa shape index (κ1) is 16.1. The quantitative estimate of drug-likeness (QED) is 0.541. The molecule has 0 bridgehead atoms. The average Bonchev–Trinajstić information content (AvgIpc) is 3.40. The lowest BCUT2D eigenvalue weighted by atomic mass is 9.94. The van der Waals surface area contributed by atoms with E-state index >= 15 is 0 Å². The molecule has 0 saturated carbocycles. The van der Waals surface area contributed by atoms with E-state index in [9.17, 15) is 0 Å². The lowest BCUT2D eigenvalue weighted by Gasteiger charge is -2.29. The molecule has 5 heterocycles. The van der Waals surface area contributed by atoms with Gasteiger partial charge in [0.05, 0.1) is 5.56 Å². The molecule has 0 fully saturated rings. The van der Waals surface area contributed by atoms with Crippen molar-refractivity contribution in [1.29, 1.82) is 0 Å². The van der Waals surface area contributed by atoms with E-state index in [-0.39, 0.29) is 0 Å². The normalized spacial score (nSPS) is 13.6. The Kier molecular flexibility index (Phi) is 3.90. The SMILES string of the molecule is Cc1ncc2c(c1-c1noc(-c3ccsc3)n1)CCN(c1ncccn1)C2. The second kappa shape index (κ2) is 6.55. The Bertz CT molecular complexity index is 1080. The summed E-state index contributed by atoms with van der Waals surface area (Å²) in [5.41, 5.74) is 5.22. The summed E-state index contributed by atoms with van der Waals surface area (Å²) in [6, 6.07) is 3.80. The number of pyridine rings is 1. The number of nitrogens with zero attached hydrogens (tertiary/aromatic N) is 6. The highest BCUT2D eigenvalue weighted by Crippen LogP contribution is 2.32. The van der Waals surface area contributed by atoms with E-state index in [0.29, 0.717) is 11.7 Å². The lowest BCUT2D eigenvalue weighted by Crippen LogP contribution is -2.32. The Morgan fingerprint density at radius 3 is 2.89 bits per heavy atom. The highest BCUT2D eigenvalue weighted by molar-refractivity contribution is 7.08. The van der Waals surface area contributed by atoms with Gasteiger partial charge in [-0.15, -0.1) is 0 Å². The van der Waals surface area contributed by atoms with Gasteiger partial charge < -0.3 is 9.42 Å². The fraction of sp³-hybridized carbons (Fsp3) is 0.211. The molecule has 0 N–H and O–H groups in total.